The summed E-state index contributed by atoms with van der Waals surface area (Å²) in [7, 11) is 0. The Kier molecular flexibility index (Phi) is 4.41. The Morgan fingerprint density at radius 3 is 2.67 bits per heavy atom. The van der Waals surface area contributed by atoms with E-state index >= 15 is 0 Å². The zero-order valence-corrected chi connectivity index (χ0v) is 9.83. The lowest BCUT2D eigenvalue weighted by Gasteiger charge is -2.14. The minimum absolute atomic E-state index is 0.383. The summed E-state index contributed by atoms with van der Waals surface area (Å²) in [5, 5.41) is 9.79. The topological polar surface area (TPSA) is 20.2 Å². The van der Waals surface area contributed by atoms with Gasteiger partial charge in [0.25, 0.3) is 0 Å². The molecule has 0 saturated carbocycles. The number of allylic oxidation sites excluding steroid dienone is 2. The van der Waals surface area contributed by atoms with Gasteiger partial charge in [-0.3, -0.25) is 0 Å². The van der Waals surface area contributed by atoms with Crippen LogP contribution in [-0.2, 0) is 0 Å². The highest BCUT2D eigenvalue weighted by Crippen LogP contribution is 2.30. The van der Waals surface area contributed by atoms with Gasteiger partial charge in [0.1, 0.15) is 5.75 Å². The Morgan fingerprint density at radius 1 is 1.33 bits per heavy atom. The molecule has 15 heavy (non-hydrogen) atoms. The van der Waals surface area contributed by atoms with Gasteiger partial charge in [0.15, 0.2) is 0 Å². The maximum absolute atomic E-state index is 9.79. The number of rotatable bonds is 4. The van der Waals surface area contributed by atoms with E-state index in [1.807, 2.05) is 6.07 Å². The number of benzene rings is 1. The lowest BCUT2D eigenvalue weighted by Crippen LogP contribution is -1.95. The molecule has 1 rings (SSSR count). The van der Waals surface area contributed by atoms with Gasteiger partial charge in [-0.2, -0.15) is 0 Å². The smallest absolute Gasteiger partial charge is 0.119 e. The summed E-state index contributed by atoms with van der Waals surface area (Å²) >= 11 is 0. The molecule has 0 heterocycles. The summed E-state index contributed by atoms with van der Waals surface area (Å²) in [6, 6.07) is 5.71. The standard InChI is InChI=1S/C14H20O/c1-4-5-6-8-11(2)14-12(3)9-7-10-13(14)15/h5-7,9-11,15H,4,8H2,1-3H3/b6-5-. The fourth-order valence-electron chi connectivity index (χ4n) is 1.89. The van der Waals surface area contributed by atoms with Crippen LogP contribution in [0.25, 0.3) is 0 Å². The summed E-state index contributed by atoms with van der Waals surface area (Å²) in [6.07, 6.45) is 6.43. The number of phenolic OH excluding ortho intramolecular Hbond substituents is 1. The molecule has 0 aliphatic heterocycles. The van der Waals surface area contributed by atoms with Gasteiger partial charge in [-0.05, 0) is 42.9 Å². The van der Waals surface area contributed by atoms with E-state index in [0.29, 0.717) is 11.7 Å². The van der Waals surface area contributed by atoms with E-state index in [4.69, 9.17) is 0 Å². The molecule has 0 bridgehead atoms. The Hall–Kier alpha value is -1.24. The van der Waals surface area contributed by atoms with E-state index in [1.54, 1.807) is 6.07 Å². The van der Waals surface area contributed by atoms with Gasteiger partial charge in [0, 0.05) is 0 Å². The molecule has 82 valence electrons. The molecular weight excluding hydrogens is 184 g/mol. The molecule has 1 atom stereocenters. The van der Waals surface area contributed by atoms with E-state index in [-0.39, 0.29) is 0 Å². The minimum atomic E-state index is 0.383. The van der Waals surface area contributed by atoms with Gasteiger partial charge in [-0.25, -0.2) is 0 Å². The molecule has 1 nitrogen and oxygen atoms in total. The first-order valence-corrected chi connectivity index (χ1v) is 5.60. The van der Waals surface area contributed by atoms with Crippen molar-refractivity contribution in [3.05, 3.63) is 41.5 Å². The van der Waals surface area contributed by atoms with Gasteiger partial charge in [0.2, 0.25) is 0 Å². The van der Waals surface area contributed by atoms with Gasteiger partial charge >= 0.3 is 0 Å². The highest BCUT2D eigenvalue weighted by molar-refractivity contribution is 5.41. The first-order chi connectivity index (χ1) is 7.16. The second-order valence-corrected chi connectivity index (χ2v) is 4.02. The third-order valence-corrected chi connectivity index (χ3v) is 2.69. The monoisotopic (exact) mass is 204 g/mol. The fourth-order valence-corrected chi connectivity index (χ4v) is 1.89. The summed E-state index contributed by atoms with van der Waals surface area (Å²) < 4.78 is 0. The normalized spacial score (nSPS) is 13.3. The second kappa shape index (κ2) is 5.59. The van der Waals surface area contributed by atoms with E-state index in [1.165, 1.54) is 5.56 Å². The van der Waals surface area contributed by atoms with Gasteiger partial charge in [-0.1, -0.05) is 38.1 Å². The van der Waals surface area contributed by atoms with Crippen LogP contribution in [0.15, 0.2) is 30.4 Å². The van der Waals surface area contributed by atoms with Gasteiger partial charge < -0.3 is 5.11 Å². The highest BCUT2D eigenvalue weighted by Gasteiger charge is 2.11. The first kappa shape index (κ1) is 11.8. The van der Waals surface area contributed by atoms with Crippen LogP contribution >= 0.6 is 0 Å². The second-order valence-electron chi connectivity index (χ2n) is 4.02. The summed E-state index contributed by atoms with van der Waals surface area (Å²) in [5.41, 5.74) is 2.26. The van der Waals surface area contributed by atoms with Crippen LogP contribution in [-0.4, -0.2) is 5.11 Å². The van der Waals surface area contributed by atoms with E-state index in [9.17, 15) is 5.11 Å². The van der Waals surface area contributed by atoms with Crippen molar-refractivity contribution in [2.24, 2.45) is 0 Å². The van der Waals surface area contributed by atoms with Crippen molar-refractivity contribution in [1.29, 1.82) is 0 Å². The van der Waals surface area contributed by atoms with Crippen LogP contribution < -0.4 is 0 Å². The Labute approximate surface area is 92.5 Å². The van der Waals surface area contributed by atoms with Crippen molar-refractivity contribution >= 4 is 0 Å². The minimum Gasteiger partial charge on any atom is -0.508 e. The van der Waals surface area contributed by atoms with Crippen LogP contribution in [0.5, 0.6) is 5.75 Å². The lowest BCUT2D eigenvalue weighted by molar-refractivity contribution is 0.462. The maximum atomic E-state index is 9.79. The van der Waals surface area contributed by atoms with Crippen molar-refractivity contribution < 1.29 is 5.11 Å². The lowest BCUT2D eigenvalue weighted by atomic mass is 9.92. The molecule has 0 saturated heterocycles. The average Bonchev–Trinajstić information content (AvgIpc) is 2.18. The predicted octanol–water partition coefficient (Wildman–Crippen LogP) is 4.16. The predicted molar refractivity (Wildman–Crippen MR) is 65.3 cm³/mol. The zero-order valence-electron chi connectivity index (χ0n) is 9.83. The Bertz CT molecular complexity index is 319. The van der Waals surface area contributed by atoms with E-state index in [0.717, 1.165) is 18.4 Å². The van der Waals surface area contributed by atoms with Crippen LogP contribution in [0.1, 0.15) is 43.7 Å². The fraction of sp³-hybridized carbons (Fsp3) is 0.429. The van der Waals surface area contributed by atoms with Crippen LogP contribution in [0.3, 0.4) is 0 Å². The molecule has 1 unspecified atom stereocenters. The quantitative estimate of drug-likeness (QED) is 0.730. The van der Waals surface area contributed by atoms with Crippen LogP contribution in [0.4, 0.5) is 0 Å². The molecule has 1 heteroatoms. The molecule has 0 spiro atoms. The van der Waals surface area contributed by atoms with Crippen molar-refractivity contribution in [2.75, 3.05) is 0 Å². The van der Waals surface area contributed by atoms with Crippen molar-refractivity contribution in [3.63, 3.8) is 0 Å². The van der Waals surface area contributed by atoms with E-state index in [2.05, 4.69) is 39.0 Å². The molecule has 0 amide bonds. The van der Waals surface area contributed by atoms with Crippen LogP contribution in [0, 0.1) is 6.92 Å². The third-order valence-electron chi connectivity index (χ3n) is 2.69. The summed E-state index contributed by atoms with van der Waals surface area (Å²) in [4.78, 5) is 0. The maximum Gasteiger partial charge on any atom is 0.119 e. The average molecular weight is 204 g/mol. The molecule has 0 aromatic heterocycles. The SMILES string of the molecule is CC/C=C\CC(C)c1c(C)cccc1O. The van der Waals surface area contributed by atoms with Gasteiger partial charge in [0.05, 0.1) is 0 Å². The van der Waals surface area contributed by atoms with Crippen molar-refractivity contribution in [3.8, 4) is 5.75 Å². The Balaban J connectivity index is 2.81. The van der Waals surface area contributed by atoms with Crippen LogP contribution in [0.2, 0.25) is 0 Å². The van der Waals surface area contributed by atoms with E-state index < -0.39 is 0 Å². The highest BCUT2D eigenvalue weighted by atomic mass is 16.3. The molecule has 0 fully saturated rings. The number of phenols is 1. The molecule has 1 aromatic rings. The van der Waals surface area contributed by atoms with Crippen molar-refractivity contribution in [1.82, 2.24) is 0 Å². The number of hydrogen-bond acceptors (Lipinski definition) is 1. The molecular formula is C14H20O. The zero-order chi connectivity index (χ0) is 11.3. The largest absolute Gasteiger partial charge is 0.508 e. The Morgan fingerprint density at radius 2 is 2.07 bits per heavy atom. The van der Waals surface area contributed by atoms with Gasteiger partial charge in [-0.15, -0.1) is 0 Å². The molecule has 0 radical (unpaired) electrons. The summed E-state index contributed by atoms with van der Waals surface area (Å²) in [5.74, 6) is 0.807. The number of aryl methyl sites for hydroxylation is 1. The molecule has 1 aromatic carbocycles. The molecule has 0 aliphatic carbocycles. The molecule has 1 N–H and O–H groups in total. The third kappa shape index (κ3) is 3.12. The molecule has 0 aliphatic rings. The van der Waals surface area contributed by atoms with Crippen molar-refractivity contribution in [2.45, 2.75) is 39.5 Å². The number of hydrogen-bond donors (Lipinski definition) is 1. The first-order valence-electron chi connectivity index (χ1n) is 5.60. The number of aromatic hydroxyl groups is 1. The summed E-state index contributed by atoms with van der Waals surface area (Å²) in [6.45, 7) is 6.34.